The number of hydrogen-bond acceptors (Lipinski definition) is 4. The van der Waals surface area contributed by atoms with Crippen molar-refractivity contribution < 1.29 is 9.53 Å². The summed E-state index contributed by atoms with van der Waals surface area (Å²) in [6, 6.07) is 15.5. The van der Waals surface area contributed by atoms with E-state index in [4.69, 9.17) is 4.74 Å². The Morgan fingerprint density at radius 1 is 0.963 bits per heavy atom. The van der Waals surface area contributed by atoms with E-state index in [2.05, 4.69) is 15.6 Å². The third-order valence-corrected chi connectivity index (χ3v) is 4.42. The topological polar surface area (TPSA) is 63.2 Å². The molecule has 1 aromatic heterocycles. The Morgan fingerprint density at radius 2 is 1.74 bits per heavy atom. The number of hydrogen-bond donors (Lipinski definition) is 2. The summed E-state index contributed by atoms with van der Waals surface area (Å²) < 4.78 is 5.16. The van der Waals surface area contributed by atoms with Gasteiger partial charge in [-0.25, -0.2) is 0 Å². The maximum Gasteiger partial charge on any atom is 0.257 e. The van der Waals surface area contributed by atoms with Crippen molar-refractivity contribution in [2.24, 2.45) is 0 Å². The van der Waals surface area contributed by atoms with Gasteiger partial charge in [-0.3, -0.25) is 9.78 Å². The number of aromatic nitrogens is 1. The smallest absolute Gasteiger partial charge is 0.257 e. The molecule has 0 unspecified atom stereocenters. The van der Waals surface area contributed by atoms with Crippen molar-refractivity contribution in [2.75, 3.05) is 17.7 Å². The quantitative estimate of drug-likeness (QED) is 0.675. The summed E-state index contributed by atoms with van der Waals surface area (Å²) in [4.78, 5) is 16.7. The van der Waals surface area contributed by atoms with E-state index in [-0.39, 0.29) is 5.91 Å². The Bertz CT molecular complexity index is 937. The van der Waals surface area contributed by atoms with Gasteiger partial charge < -0.3 is 15.4 Å². The number of ether oxygens (including phenoxy) is 1. The molecule has 0 radical (unpaired) electrons. The number of aryl methyl sites for hydroxylation is 2. The van der Waals surface area contributed by atoms with Crippen molar-refractivity contribution >= 4 is 17.3 Å². The zero-order valence-electron chi connectivity index (χ0n) is 15.7. The van der Waals surface area contributed by atoms with Crippen LogP contribution in [-0.4, -0.2) is 18.0 Å². The molecule has 27 heavy (non-hydrogen) atoms. The van der Waals surface area contributed by atoms with Crippen LogP contribution in [0.4, 0.5) is 11.4 Å². The van der Waals surface area contributed by atoms with E-state index in [0.717, 1.165) is 28.3 Å². The molecule has 1 heterocycles. The summed E-state index contributed by atoms with van der Waals surface area (Å²) in [6.45, 7) is 4.70. The molecular formula is C22H23N3O2. The number of carbonyl (C=O) groups is 1. The highest BCUT2D eigenvalue weighted by Crippen LogP contribution is 2.17. The molecule has 0 aliphatic heterocycles. The van der Waals surface area contributed by atoms with Crippen LogP contribution in [0.25, 0.3) is 0 Å². The molecule has 0 fully saturated rings. The summed E-state index contributed by atoms with van der Waals surface area (Å²) in [5.41, 5.74) is 5.52. The second-order valence-corrected chi connectivity index (χ2v) is 6.42. The van der Waals surface area contributed by atoms with Crippen molar-refractivity contribution in [3.8, 4) is 5.75 Å². The lowest BCUT2D eigenvalue weighted by atomic mass is 10.1. The lowest BCUT2D eigenvalue weighted by molar-refractivity contribution is 0.102. The highest BCUT2D eigenvalue weighted by Gasteiger charge is 2.08. The molecule has 0 bridgehead atoms. The van der Waals surface area contributed by atoms with Gasteiger partial charge in [-0.15, -0.1) is 0 Å². The highest BCUT2D eigenvalue weighted by molar-refractivity contribution is 6.04. The molecule has 138 valence electrons. The Hall–Kier alpha value is -3.34. The van der Waals surface area contributed by atoms with Gasteiger partial charge in [-0.05, 0) is 60.9 Å². The van der Waals surface area contributed by atoms with Crippen LogP contribution in [0.15, 0.2) is 60.9 Å². The first kappa shape index (κ1) is 18.5. The number of nitrogens with one attached hydrogen (secondary N) is 2. The summed E-state index contributed by atoms with van der Waals surface area (Å²) >= 11 is 0. The van der Waals surface area contributed by atoms with Gasteiger partial charge in [0.25, 0.3) is 5.91 Å². The minimum absolute atomic E-state index is 0.182. The van der Waals surface area contributed by atoms with E-state index < -0.39 is 0 Å². The van der Waals surface area contributed by atoms with Gasteiger partial charge in [0.05, 0.1) is 18.4 Å². The monoisotopic (exact) mass is 361 g/mol. The lowest BCUT2D eigenvalue weighted by Crippen LogP contribution is -2.13. The predicted molar refractivity (Wildman–Crippen MR) is 108 cm³/mol. The van der Waals surface area contributed by atoms with Crippen molar-refractivity contribution in [1.82, 2.24) is 4.98 Å². The average molecular weight is 361 g/mol. The van der Waals surface area contributed by atoms with Gasteiger partial charge >= 0.3 is 0 Å². The number of nitrogens with zero attached hydrogens (tertiary/aromatic N) is 1. The number of rotatable bonds is 6. The van der Waals surface area contributed by atoms with Gasteiger partial charge in [0, 0.05) is 24.6 Å². The molecule has 0 saturated carbocycles. The molecule has 3 rings (SSSR count). The van der Waals surface area contributed by atoms with Crippen molar-refractivity contribution in [3.63, 3.8) is 0 Å². The molecule has 0 aliphatic carbocycles. The van der Waals surface area contributed by atoms with Crippen LogP contribution >= 0.6 is 0 Å². The first-order valence-corrected chi connectivity index (χ1v) is 8.75. The fraction of sp³-hybridized carbons (Fsp3) is 0.182. The molecule has 0 atom stereocenters. The lowest BCUT2D eigenvalue weighted by Gasteiger charge is -2.10. The molecule has 0 spiro atoms. The maximum atomic E-state index is 12.5. The fourth-order valence-corrected chi connectivity index (χ4v) is 2.63. The van der Waals surface area contributed by atoms with E-state index in [0.29, 0.717) is 12.1 Å². The van der Waals surface area contributed by atoms with Gasteiger partial charge in [-0.1, -0.05) is 18.2 Å². The largest absolute Gasteiger partial charge is 0.497 e. The molecular weight excluding hydrogens is 338 g/mol. The zero-order chi connectivity index (χ0) is 19.2. The number of anilines is 2. The predicted octanol–water partition coefficient (Wildman–Crippen LogP) is 4.57. The first-order valence-electron chi connectivity index (χ1n) is 8.75. The van der Waals surface area contributed by atoms with Crippen LogP contribution in [0.1, 0.15) is 27.0 Å². The SMILES string of the molecule is COc1ccc(CNc2cncc(C(=O)Nc3ccc(C)c(C)c3)c2)cc1. The Morgan fingerprint density at radius 3 is 2.44 bits per heavy atom. The molecule has 5 nitrogen and oxygen atoms in total. The van der Waals surface area contributed by atoms with Gasteiger partial charge in [0.1, 0.15) is 5.75 Å². The standard InChI is InChI=1S/C22H23N3O2/c1-15-4-7-19(10-16(15)2)25-22(26)18-11-20(14-23-13-18)24-12-17-5-8-21(27-3)9-6-17/h4-11,13-14,24H,12H2,1-3H3,(H,25,26). The summed E-state index contributed by atoms with van der Waals surface area (Å²) in [6.07, 6.45) is 3.27. The molecule has 5 heteroatoms. The number of methoxy groups -OCH3 is 1. The molecule has 0 aliphatic rings. The van der Waals surface area contributed by atoms with Crippen molar-refractivity contribution in [2.45, 2.75) is 20.4 Å². The molecule has 0 saturated heterocycles. The number of benzene rings is 2. The van der Waals surface area contributed by atoms with Crippen LogP contribution < -0.4 is 15.4 Å². The minimum atomic E-state index is -0.182. The Labute approximate surface area is 159 Å². The zero-order valence-corrected chi connectivity index (χ0v) is 15.7. The van der Waals surface area contributed by atoms with E-state index in [1.54, 1.807) is 25.6 Å². The normalized spacial score (nSPS) is 10.3. The van der Waals surface area contributed by atoms with Crippen molar-refractivity contribution in [3.05, 3.63) is 83.2 Å². The first-order chi connectivity index (χ1) is 13.0. The summed E-state index contributed by atoms with van der Waals surface area (Å²) in [5.74, 6) is 0.643. The van der Waals surface area contributed by atoms with Gasteiger partial charge in [-0.2, -0.15) is 0 Å². The molecule has 3 aromatic rings. The maximum absolute atomic E-state index is 12.5. The second kappa shape index (κ2) is 8.36. The number of amides is 1. The average Bonchev–Trinajstić information content (AvgIpc) is 2.70. The summed E-state index contributed by atoms with van der Waals surface area (Å²) in [7, 11) is 1.65. The van der Waals surface area contributed by atoms with E-state index in [1.807, 2.05) is 56.3 Å². The summed E-state index contributed by atoms with van der Waals surface area (Å²) in [5, 5.41) is 6.21. The highest BCUT2D eigenvalue weighted by atomic mass is 16.5. The molecule has 2 N–H and O–H groups in total. The van der Waals surface area contributed by atoms with E-state index in [9.17, 15) is 4.79 Å². The second-order valence-electron chi connectivity index (χ2n) is 6.42. The van der Waals surface area contributed by atoms with Gasteiger partial charge in [0.2, 0.25) is 0 Å². The fourth-order valence-electron chi connectivity index (χ4n) is 2.63. The number of carbonyl (C=O) groups excluding carboxylic acids is 1. The Kier molecular flexibility index (Phi) is 5.71. The van der Waals surface area contributed by atoms with Crippen LogP contribution in [0.2, 0.25) is 0 Å². The van der Waals surface area contributed by atoms with Crippen LogP contribution in [0.5, 0.6) is 5.75 Å². The third-order valence-electron chi connectivity index (χ3n) is 4.42. The van der Waals surface area contributed by atoms with E-state index in [1.165, 1.54) is 5.56 Å². The van der Waals surface area contributed by atoms with E-state index >= 15 is 0 Å². The third kappa shape index (κ3) is 4.85. The van der Waals surface area contributed by atoms with Crippen LogP contribution in [0.3, 0.4) is 0 Å². The van der Waals surface area contributed by atoms with Crippen LogP contribution in [0, 0.1) is 13.8 Å². The van der Waals surface area contributed by atoms with Gasteiger partial charge in [0.15, 0.2) is 0 Å². The van der Waals surface area contributed by atoms with Crippen molar-refractivity contribution in [1.29, 1.82) is 0 Å². The number of pyridine rings is 1. The molecule has 2 aromatic carbocycles. The molecule has 1 amide bonds. The minimum Gasteiger partial charge on any atom is -0.497 e. The van der Waals surface area contributed by atoms with Crippen LogP contribution in [-0.2, 0) is 6.54 Å². The Balaban J connectivity index is 1.65.